The van der Waals surface area contributed by atoms with Gasteiger partial charge in [-0.1, -0.05) is 25.1 Å². The number of benzene rings is 1. The SMILES string of the molecule is CC1CCC(C)(NC(=O)C2COc3ccccc3C2)CC1. The molecule has 0 bridgehead atoms. The molecule has 1 atom stereocenters. The van der Waals surface area contributed by atoms with Crippen LogP contribution in [0.25, 0.3) is 0 Å². The van der Waals surface area contributed by atoms with Crippen molar-refractivity contribution in [3.05, 3.63) is 29.8 Å². The fraction of sp³-hybridized carbons (Fsp3) is 0.611. The number of rotatable bonds is 2. The van der Waals surface area contributed by atoms with E-state index in [1.807, 2.05) is 18.2 Å². The predicted molar refractivity (Wildman–Crippen MR) is 83.3 cm³/mol. The highest BCUT2D eigenvalue weighted by atomic mass is 16.5. The summed E-state index contributed by atoms with van der Waals surface area (Å²) in [5, 5.41) is 3.30. The first-order valence-corrected chi connectivity index (χ1v) is 8.08. The normalized spacial score (nSPS) is 31.9. The van der Waals surface area contributed by atoms with E-state index in [0.29, 0.717) is 6.61 Å². The molecule has 0 aromatic heterocycles. The summed E-state index contributed by atoms with van der Waals surface area (Å²) in [5.41, 5.74) is 1.12. The van der Waals surface area contributed by atoms with Crippen LogP contribution in [0.3, 0.4) is 0 Å². The van der Waals surface area contributed by atoms with Gasteiger partial charge in [-0.15, -0.1) is 0 Å². The second-order valence-corrected chi connectivity index (χ2v) is 7.05. The molecule has 1 saturated carbocycles. The van der Waals surface area contributed by atoms with E-state index in [1.165, 1.54) is 12.8 Å². The van der Waals surface area contributed by atoms with Gasteiger partial charge in [0, 0.05) is 5.54 Å². The number of carbonyl (C=O) groups excluding carboxylic acids is 1. The molecule has 1 amide bonds. The Hall–Kier alpha value is -1.51. The molecular weight excluding hydrogens is 262 g/mol. The smallest absolute Gasteiger partial charge is 0.227 e. The van der Waals surface area contributed by atoms with Gasteiger partial charge in [-0.3, -0.25) is 4.79 Å². The second-order valence-electron chi connectivity index (χ2n) is 7.05. The maximum absolute atomic E-state index is 12.6. The van der Waals surface area contributed by atoms with E-state index in [1.54, 1.807) is 0 Å². The van der Waals surface area contributed by atoms with Gasteiger partial charge < -0.3 is 10.1 Å². The van der Waals surface area contributed by atoms with Gasteiger partial charge in [-0.05, 0) is 56.6 Å². The molecule has 1 heterocycles. The molecule has 3 rings (SSSR count). The minimum Gasteiger partial charge on any atom is -0.492 e. The molecule has 0 spiro atoms. The van der Waals surface area contributed by atoms with E-state index in [9.17, 15) is 4.79 Å². The average molecular weight is 287 g/mol. The minimum absolute atomic E-state index is 0.0272. The first-order valence-electron chi connectivity index (χ1n) is 8.08. The summed E-state index contributed by atoms with van der Waals surface area (Å²) < 4.78 is 5.74. The Morgan fingerprint density at radius 2 is 2.00 bits per heavy atom. The maximum Gasteiger partial charge on any atom is 0.227 e. The first kappa shape index (κ1) is 14.4. The van der Waals surface area contributed by atoms with Gasteiger partial charge in [0.05, 0.1) is 5.92 Å². The molecule has 1 fully saturated rings. The minimum atomic E-state index is -0.0592. The molecule has 114 valence electrons. The van der Waals surface area contributed by atoms with Gasteiger partial charge in [0.2, 0.25) is 5.91 Å². The van der Waals surface area contributed by atoms with Crippen molar-refractivity contribution >= 4 is 5.91 Å². The van der Waals surface area contributed by atoms with Crippen LogP contribution in [0.5, 0.6) is 5.75 Å². The van der Waals surface area contributed by atoms with E-state index in [4.69, 9.17) is 4.74 Å². The molecule has 3 heteroatoms. The topological polar surface area (TPSA) is 38.3 Å². The maximum atomic E-state index is 12.6. The van der Waals surface area contributed by atoms with Gasteiger partial charge in [0.15, 0.2) is 0 Å². The highest BCUT2D eigenvalue weighted by molar-refractivity contribution is 5.80. The fourth-order valence-electron chi connectivity index (χ4n) is 3.42. The Morgan fingerprint density at radius 3 is 2.76 bits per heavy atom. The third-order valence-corrected chi connectivity index (χ3v) is 5.05. The third kappa shape index (κ3) is 3.22. The highest BCUT2D eigenvalue weighted by Gasteiger charge is 2.34. The van der Waals surface area contributed by atoms with Crippen molar-refractivity contribution in [3.63, 3.8) is 0 Å². The van der Waals surface area contributed by atoms with Crippen LogP contribution >= 0.6 is 0 Å². The molecule has 1 aliphatic carbocycles. The first-order chi connectivity index (χ1) is 10.1. The zero-order valence-corrected chi connectivity index (χ0v) is 13.0. The number of ether oxygens (including phenoxy) is 1. The number of hydrogen-bond acceptors (Lipinski definition) is 2. The number of fused-ring (bicyclic) bond motifs is 1. The Kier molecular flexibility index (Phi) is 3.92. The second kappa shape index (κ2) is 5.70. The summed E-state index contributed by atoms with van der Waals surface area (Å²) in [4.78, 5) is 12.6. The molecule has 21 heavy (non-hydrogen) atoms. The average Bonchev–Trinajstić information content (AvgIpc) is 2.50. The molecule has 1 aliphatic heterocycles. The molecule has 1 unspecified atom stereocenters. The Labute approximate surface area is 127 Å². The van der Waals surface area contributed by atoms with E-state index in [0.717, 1.165) is 36.5 Å². The van der Waals surface area contributed by atoms with Crippen molar-refractivity contribution < 1.29 is 9.53 Å². The molecule has 3 nitrogen and oxygen atoms in total. The predicted octanol–water partition coefficient (Wildman–Crippen LogP) is 3.32. The summed E-state index contributed by atoms with van der Waals surface area (Å²) in [6.07, 6.45) is 5.38. The van der Waals surface area contributed by atoms with Crippen LogP contribution in [0.1, 0.15) is 45.1 Å². The van der Waals surface area contributed by atoms with Gasteiger partial charge in [0.1, 0.15) is 12.4 Å². The molecular formula is C18H25NO2. The number of amides is 1. The molecule has 1 N–H and O–H groups in total. The molecule has 0 radical (unpaired) electrons. The molecule has 2 aliphatic rings. The Morgan fingerprint density at radius 1 is 1.29 bits per heavy atom. The van der Waals surface area contributed by atoms with Crippen LogP contribution in [0.2, 0.25) is 0 Å². The van der Waals surface area contributed by atoms with E-state index >= 15 is 0 Å². The van der Waals surface area contributed by atoms with Crippen LogP contribution in [0.4, 0.5) is 0 Å². The summed E-state index contributed by atoms with van der Waals surface area (Å²) in [6, 6.07) is 8.02. The Balaban J connectivity index is 1.62. The Bertz CT molecular complexity index is 518. The van der Waals surface area contributed by atoms with Crippen LogP contribution in [-0.2, 0) is 11.2 Å². The summed E-state index contributed by atoms with van der Waals surface area (Å²) in [5.74, 6) is 1.82. The van der Waals surface area contributed by atoms with Gasteiger partial charge in [0.25, 0.3) is 0 Å². The fourth-order valence-corrected chi connectivity index (χ4v) is 3.42. The lowest BCUT2D eigenvalue weighted by Gasteiger charge is -2.38. The molecule has 0 saturated heterocycles. The monoisotopic (exact) mass is 287 g/mol. The van der Waals surface area contributed by atoms with Crippen molar-refractivity contribution in [2.45, 2.75) is 51.5 Å². The third-order valence-electron chi connectivity index (χ3n) is 5.05. The lowest BCUT2D eigenvalue weighted by Crippen LogP contribution is -2.51. The van der Waals surface area contributed by atoms with Gasteiger partial charge in [-0.2, -0.15) is 0 Å². The van der Waals surface area contributed by atoms with Crippen molar-refractivity contribution in [1.82, 2.24) is 5.32 Å². The van der Waals surface area contributed by atoms with Crippen molar-refractivity contribution in [1.29, 1.82) is 0 Å². The largest absolute Gasteiger partial charge is 0.492 e. The van der Waals surface area contributed by atoms with E-state index < -0.39 is 0 Å². The van der Waals surface area contributed by atoms with Crippen molar-refractivity contribution in [2.24, 2.45) is 11.8 Å². The van der Waals surface area contributed by atoms with Crippen LogP contribution in [0.15, 0.2) is 24.3 Å². The van der Waals surface area contributed by atoms with E-state index in [-0.39, 0.29) is 17.4 Å². The summed E-state index contributed by atoms with van der Waals surface area (Å²) in [6.45, 7) is 4.98. The van der Waals surface area contributed by atoms with Crippen LogP contribution in [-0.4, -0.2) is 18.1 Å². The van der Waals surface area contributed by atoms with Gasteiger partial charge >= 0.3 is 0 Å². The van der Waals surface area contributed by atoms with Crippen LogP contribution < -0.4 is 10.1 Å². The number of carbonyl (C=O) groups is 1. The molecule has 1 aromatic carbocycles. The van der Waals surface area contributed by atoms with Gasteiger partial charge in [-0.25, -0.2) is 0 Å². The standard InChI is InChI=1S/C18H25NO2/c1-13-7-9-18(2,10-8-13)19-17(20)15-11-14-5-3-4-6-16(14)21-12-15/h3-6,13,15H,7-12H2,1-2H3,(H,19,20). The number of hydrogen-bond donors (Lipinski definition) is 1. The lowest BCUT2D eigenvalue weighted by molar-refractivity contribution is -0.128. The van der Waals surface area contributed by atoms with Crippen molar-refractivity contribution in [3.8, 4) is 5.75 Å². The number of nitrogens with one attached hydrogen (secondary N) is 1. The zero-order chi connectivity index (χ0) is 14.9. The zero-order valence-electron chi connectivity index (χ0n) is 13.0. The summed E-state index contributed by atoms with van der Waals surface area (Å²) >= 11 is 0. The quantitative estimate of drug-likeness (QED) is 0.906. The van der Waals surface area contributed by atoms with Crippen LogP contribution in [0, 0.1) is 11.8 Å². The number of para-hydroxylation sites is 1. The highest BCUT2D eigenvalue weighted by Crippen LogP contribution is 2.32. The lowest BCUT2D eigenvalue weighted by atomic mass is 9.78. The summed E-state index contributed by atoms with van der Waals surface area (Å²) in [7, 11) is 0. The van der Waals surface area contributed by atoms with E-state index in [2.05, 4.69) is 25.2 Å². The van der Waals surface area contributed by atoms with Crippen molar-refractivity contribution in [2.75, 3.05) is 6.61 Å². The molecule has 1 aromatic rings.